The molecule has 1 aliphatic rings. The molecule has 1 aromatic carbocycles. The van der Waals surface area contributed by atoms with E-state index in [1.165, 1.54) is 11.1 Å². The van der Waals surface area contributed by atoms with Gasteiger partial charge in [-0.05, 0) is 43.5 Å². The van der Waals surface area contributed by atoms with Crippen molar-refractivity contribution in [1.82, 2.24) is 20.5 Å². The van der Waals surface area contributed by atoms with Crippen molar-refractivity contribution >= 4 is 5.91 Å². The minimum Gasteiger partial charge on any atom is -0.480 e. The van der Waals surface area contributed by atoms with Gasteiger partial charge >= 0.3 is 0 Å². The molecule has 2 aromatic rings. The molecule has 2 heterocycles. The van der Waals surface area contributed by atoms with Crippen LogP contribution < -0.4 is 10.1 Å². The largest absolute Gasteiger partial charge is 0.480 e. The number of amides is 1. The minimum absolute atomic E-state index is 0.135. The topological polar surface area (TPSA) is 79.9 Å². The van der Waals surface area contributed by atoms with E-state index in [1.54, 1.807) is 0 Å². The van der Waals surface area contributed by atoms with E-state index in [4.69, 9.17) is 4.74 Å². The lowest BCUT2D eigenvalue weighted by Gasteiger charge is -2.10. The Morgan fingerprint density at radius 3 is 2.86 bits per heavy atom. The number of nitrogens with zero attached hydrogens (tertiary/aromatic N) is 2. The molecule has 1 amide bonds. The van der Waals surface area contributed by atoms with Crippen LogP contribution in [0.3, 0.4) is 0 Å². The Hall–Kier alpha value is -2.37. The van der Waals surface area contributed by atoms with Gasteiger partial charge in [-0.2, -0.15) is 5.10 Å². The highest BCUT2D eigenvalue weighted by Gasteiger charge is 2.29. The zero-order valence-corrected chi connectivity index (χ0v) is 12.4. The summed E-state index contributed by atoms with van der Waals surface area (Å²) >= 11 is 0. The molecule has 0 saturated heterocycles. The minimum atomic E-state index is -0.471. The van der Waals surface area contributed by atoms with E-state index < -0.39 is 6.10 Å². The third kappa shape index (κ3) is 2.74. The molecular formula is C15H18N4O2. The van der Waals surface area contributed by atoms with E-state index in [2.05, 4.69) is 33.5 Å². The van der Waals surface area contributed by atoms with E-state index >= 15 is 0 Å². The zero-order chi connectivity index (χ0) is 15.0. The van der Waals surface area contributed by atoms with Crippen molar-refractivity contribution in [1.29, 1.82) is 0 Å². The van der Waals surface area contributed by atoms with Gasteiger partial charge in [-0.3, -0.25) is 9.89 Å². The highest BCUT2D eigenvalue weighted by molar-refractivity contribution is 5.82. The first kappa shape index (κ1) is 13.6. The van der Waals surface area contributed by atoms with Crippen molar-refractivity contribution in [3.63, 3.8) is 0 Å². The van der Waals surface area contributed by atoms with Gasteiger partial charge in [0.05, 0.1) is 6.54 Å². The average Bonchev–Trinajstić information content (AvgIpc) is 3.03. The summed E-state index contributed by atoms with van der Waals surface area (Å²) in [5.41, 5.74) is 3.48. The molecule has 3 rings (SSSR count). The molecule has 0 aliphatic carbocycles. The van der Waals surface area contributed by atoms with E-state index in [0.29, 0.717) is 18.8 Å². The fourth-order valence-corrected chi connectivity index (χ4v) is 2.41. The first-order chi connectivity index (χ1) is 10.0. The highest BCUT2D eigenvalue weighted by Crippen LogP contribution is 2.31. The summed E-state index contributed by atoms with van der Waals surface area (Å²) in [5.74, 6) is 1.98. The van der Waals surface area contributed by atoms with Crippen LogP contribution in [0.5, 0.6) is 5.75 Å². The zero-order valence-electron chi connectivity index (χ0n) is 12.4. The van der Waals surface area contributed by atoms with Crippen LogP contribution in [0.2, 0.25) is 0 Å². The maximum Gasteiger partial charge on any atom is 0.261 e. The highest BCUT2D eigenvalue weighted by atomic mass is 16.5. The monoisotopic (exact) mass is 286 g/mol. The maximum atomic E-state index is 12.2. The fourth-order valence-electron chi connectivity index (χ4n) is 2.41. The predicted octanol–water partition coefficient (Wildman–Crippen LogP) is 1.35. The summed E-state index contributed by atoms with van der Waals surface area (Å²) in [6.07, 6.45) is 0.135. The lowest BCUT2D eigenvalue weighted by Crippen LogP contribution is -2.37. The van der Waals surface area contributed by atoms with Gasteiger partial charge in [0.2, 0.25) is 0 Å². The van der Waals surface area contributed by atoms with Gasteiger partial charge in [0.1, 0.15) is 11.6 Å². The number of ether oxygens (including phenoxy) is 1. The number of benzene rings is 1. The van der Waals surface area contributed by atoms with Crippen LogP contribution in [0.25, 0.3) is 0 Å². The number of carbonyl (C=O) groups excluding carboxylic acids is 1. The molecule has 0 fully saturated rings. The van der Waals surface area contributed by atoms with Crippen molar-refractivity contribution in [2.24, 2.45) is 0 Å². The molecular weight excluding hydrogens is 268 g/mol. The van der Waals surface area contributed by atoms with Crippen molar-refractivity contribution in [2.75, 3.05) is 0 Å². The Balaban J connectivity index is 1.62. The molecule has 1 atom stereocenters. The summed E-state index contributed by atoms with van der Waals surface area (Å²) in [6, 6.07) is 4.09. The van der Waals surface area contributed by atoms with Gasteiger partial charge in [-0.15, -0.1) is 0 Å². The first-order valence-corrected chi connectivity index (χ1v) is 6.95. The molecule has 1 aliphatic heterocycles. The molecule has 0 unspecified atom stereocenters. The SMILES string of the molecule is Cc1nc(CNC(=O)[C@@H]2Cc3cc(C)c(C)cc3O2)n[nH]1. The van der Waals surface area contributed by atoms with Gasteiger partial charge in [0.25, 0.3) is 5.91 Å². The number of fused-ring (bicyclic) bond motifs is 1. The van der Waals surface area contributed by atoms with Crippen LogP contribution in [0.1, 0.15) is 28.3 Å². The molecule has 0 bridgehead atoms. The lowest BCUT2D eigenvalue weighted by atomic mass is 10.0. The van der Waals surface area contributed by atoms with Crippen molar-refractivity contribution < 1.29 is 9.53 Å². The number of aryl methyl sites for hydroxylation is 3. The molecule has 21 heavy (non-hydrogen) atoms. The second-order valence-electron chi connectivity index (χ2n) is 5.41. The molecule has 6 heteroatoms. The Bertz CT molecular complexity index is 662. The van der Waals surface area contributed by atoms with Crippen molar-refractivity contribution in [3.05, 3.63) is 40.5 Å². The smallest absolute Gasteiger partial charge is 0.261 e. The quantitative estimate of drug-likeness (QED) is 0.892. The van der Waals surface area contributed by atoms with E-state index in [-0.39, 0.29) is 5.91 Å². The van der Waals surface area contributed by atoms with Crippen LogP contribution in [0.15, 0.2) is 12.1 Å². The van der Waals surface area contributed by atoms with E-state index in [9.17, 15) is 4.79 Å². The molecule has 110 valence electrons. The Morgan fingerprint density at radius 2 is 2.14 bits per heavy atom. The van der Waals surface area contributed by atoms with Crippen LogP contribution in [-0.4, -0.2) is 27.2 Å². The van der Waals surface area contributed by atoms with Gasteiger partial charge in [0.15, 0.2) is 11.9 Å². The van der Waals surface area contributed by atoms with Gasteiger partial charge < -0.3 is 10.1 Å². The Morgan fingerprint density at radius 1 is 1.38 bits per heavy atom. The third-order valence-electron chi connectivity index (χ3n) is 3.71. The van der Waals surface area contributed by atoms with Crippen molar-refractivity contribution in [3.8, 4) is 5.75 Å². The summed E-state index contributed by atoms with van der Waals surface area (Å²) in [4.78, 5) is 16.3. The van der Waals surface area contributed by atoms with Gasteiger partial charge in [-0.25, -0.2) is 4.98 Å². The van der Waals surface area contributed by atoms with Crippen LogP contribution >= 0.6 is 0 Å². The number of H-pyrrole nitrogens is 1. The number of aromatic nitrogens is 3. The average molecular weight is 286 g/mol. The molecule has 6 nitrogen and oxygen atoms in total. The number of hydrogen-bond donors (Lipinski definition) is 2. The summed E-state index contributed by atoms with van der Waals surface area (Å²) < 4.78 is 5.74. The third-order valence-corrected chi connectivity index (χ3v) is 3.71. The summed E-state index contributed by atoms with van der Waals surface area (Å²) in [6.45, 7) is 6.23. The van der Waals surface area contributed by atoms with E-state index in [0.717, 1.165) is 17.1 Å². The summed E-state index contributed by atoms with van der Waals surface area (Å²) in [5, 5.41) is 9.54. The number of hydrogen-bond acceptors (Lipinski definition) is 4. The fraction of sp³-hybridized carbons (Fsp3) is 0.400. The lowest BCUT2D eigenvalue weighted by molar-refractivity contribution is -0.127. The molecule has 0 saturated carbocycles. The predicted molar refractivity (Wildman–Crippen MR) is 77.0 cm³/mol. The van der Waals surface area contributed by atoms with Crippen LogP contribution in [0.4, 0.5) is 0 Å². The molecule has 0 spiro atoms. The Labute approximate surface area is 122 Å². The van der Waals surface area contributed by atoms with Gasteiger partial charge in [0, 0.05) is 6.42 Å². The second-order valence-corrected chi connectivity index (χ2v) is 5.41. The number of carbonyl (C=O) groups is 1. The summed E-state index contributed by atoms with van der Waals surface area (Å²) in [7, 11) is 0. The molecule has 0 radical (unpaired) electrons. The Kier molecular flexibility index (Phi) is 3.37. The normalized spacial score (nSPS) is 16.4. The molecule has 2 N–H and O–H groups in total. The van der Waals surface area contributed by atoms with Crippen LogP contribution in [-0.2, 0) is 17.8 Å². The number of nitrogens with one attached hydrogen (secondary N) is 2. The van der Waals surface area contributed by atoms with Crippen molar-refractivity contribution in [2.45, 2.75) is 39.8 Å². The number of aromatic amines is 1. The second kappa shape index (κ2) is 5.20. The first-order valence-electron chi connectivity index (χ1n) is 6.95. The standard InChI is InChI=1S/C15H18N4O2/c1-8-4-11-6-13(21-12(11)5-9(8)2)15(20)16-7-14-17-10(3)18-19-14/h4-5,13H,6-7H2,1-3H3,(H,16,20)(H,17,18,19)/t13-/m0/s1. The molecule has 1 aromatic heterocycles. The van der Waals surface area contributed by atoms with Gasteiger partial charge in [-0.1, -0.05) is 6.07 Å². The van der Waals surface area contributed by atoms with Crippen LogP contribution in [0, 0.1) is 20.8 Å². The maximum absolute atomic E-state index is 12.2. The van der Waals surface area contributed by atoms with E-state index in [1.807, 2.05) is 19.9 Å². The number of rotatable bonds is 3.